The number of hydrogen-bond acceptors (Lipinski definition) is 6. The van der Waals surface area contributed by atoms with Crippen LogP contribution < -0.4 is 5.49 Å². The van der Waals surface area contributed by atoms with E-state index in [1.807, 2.05) is 53.1 Å². The molecule has 0 bridgehead atoms. The molecule has 1 atom stereocenters. The van der Waals surface area contributed by atoms with E-state index >= 15 is 0 Å². The lowest BCUT2D eigenvalue weighted by Crippen LogP contribution is -2.13. The maximum absolute atomic E-state index is 8.15. The van der Waals surface area contributed by atoms with Crippen molar-refractivity contribution in [2.75, 3.05) is 0 Å². The number of benzene rings is 2. The quantitative estimate of drug-likeness (QED) is 0.342. The molecule has 0 spiro atoms. The second-order valence-corrected chi connectivity index (χ2v) is 9.27. The van der Waals surface area contributed by atoms with Crippen molar-refractivity contribution in [3.8, 4) is 0 Å². The topological polar surface area (TPSA) is 88.8 Å². The molecule has 0 fully saturated rings. The van der Waals surface area contributed by atoms with Gasteiger partial charge < -0.3 is 19.0 Å². The molecule has 1 aliphatic rings. The fourth-order valence-corrected chi connectivity index (χ4v) is 4.76. The molecule has 162 valence electrons. The van der Waals surface area contributed by atoms with Gasteiger partial charge in [-0.3, -0.25) is 5.41 Å². The summed E-state index contributed by atoms with van der Waals surface area (Å²) in [5.74, 6) is 0. The van der Waals surface area contributed by atoms with E-state index in [-0.39, 0.29) is 5.49 Å². The third kappa shape index (κ3) is 4.28. The zero-order chi connectivity index (χ0) is 22.1. The summed E-state index contributed by atoms with van der Waals surface area (Å²) in [5.41, 5.74) is 3.31. The molecule has 5 rings (SSSR count). The van der Waals surface area contributed by atoms with Gasteiger partial charge in [0, 0.05) is 21.6 Å². The monoisotopic (exact) mass is 529 g/mol. The van der Waals surface area contributed by atoms with Crippen LogP contribution in [0.4, 0.5) is 0 Å². The van der Waals surface area contributed by atoms with E-state index in [2.05, 4.69) is 30.9 Å². The first-order valence-electron chi connectivity index (χ1n) is 9.76. The number of nitrogens with zero attached hydrogens (tertiary/aromatic N) is 3. The van der Waals surface area contributed by atoms with Crippen molar-refractivity contribution < 1.29 is 9.47 Å². The van der Waals surface area contributed by atoms with Gasteiger partial charge >= 0.3 is 0 Å². The minimum Gasteiger partial charge on any atom is -0.454 e. The molecule has 3 heterocycles. The molecule has 7 nitrogen and oxygen atoms in total. The third-order valence-electron chi connectivity index (χ3n) is 4.95. The number of imidazole rings is 1. The Morgan fingerprint density at radius 2 is 2.00 bits per heavy atom. The van der Waals surface area contributed by atoms with Crippen molar-refractivity contribution in [3.05, 3.63) is 92.3 Å². The van der Waals surface area contributed by atoms with Gasteiger partial charge in [0.15, 0.2) is 16.3 Å². The van der Waals surface area contributed by atoms with Crippen molar-refractivity contribution in [2.45, 2.75) is 24.4 Å². The molecular weight excluding hydrogens is 514 g/mol. The number of aromatic amines is 1. The minimum atomic E-state index is -0.522. The van der Waals surface area contributed by atoms with Crippen LogP contribution in [-0.2, 0) is 22.4 Å². The summed E-state index contributed by atoms with van der Waals surface area (Å²) in [5, 5.41) is 10.1. The van der Waals surface area contributed by atoms with Crippen LogP contribution in [0.5, 0.6) is 0 Å². The first-order chi connectivity index (χ1) is 15.6. The van der Waals surface area contributed by atoms with Crippen molar-refractivity contribution in [1.29, 1.82) is 5.41 Å². The van der Waals surface area contributed by atoms with Gasteiger partial charge in [0.1, 0.15) is 11.8 Å². The first-order valence-corrected chi connectivity index (χ1v) is 11.7. The van der Waals surface area contributed by atoms with Crippen LogP contribution in [0, 0.1) is 5.41 Å². The zero-order valence-corrected chi connectivity index (χ0v) is 19.7. The Balaban J connectivity index is 1.34. The Morgan fingerprint density at radius 3 is 2.84 bits per heavy atom. The standard InChI is InChI=1S/C22H17BrClN5O2S/c23-15-7-3-2-6-14(15)21-30-11-17(31-21)32-22-27-18-19(25)26-12-29(20(18)28-22)10-9-13-5-1-4-8-16(13)24/h1-8,11-12,21,25H,9-10H2,(H,27,28). The average Bonchev–Trinajstić information content (AvgIpc) is 3.43. The van der Waals surface area contributed by atoms with Crippen LogP contribution in [0.1, 0.15) is 17.4 Å². The van der Waals surface area contributed by atoms with Crippen LogP contribution in [0.3, 0.4) is 0 Å². The summed E-state index contributed by atoms with van der Waals surface area (Å²) in [4.78, 5) is 12.0. The van der Waals surface area contributed by atoms with Crippen LogP contribution in [0.2, 0.25) is 5.02 Å². The lowest BCUT2D eigenvalue weighted by molar-refractivity contribution is -0.0278. The summed E-state index contributed by atoms with van der Waals surface area (Å²) in [6, 6.07) is 15.5. The van der Waals surface area contributed by atoms with Gasteiger partial charge in [0.25, 0.3) is 6.29 Å². The second-order valence-electron chi connectivity index (χ2n) is 7.01. The molecule has 0 amide bonds. The van der Waals surface area contributed by atoms with Crippen molar-refractivity contribution in [1.82, 2.24) is 19.5 Å². The number of ether oxygens (including phenoxy) is 2. The molecule has 2 aromatic carbocycles. The average molecular weight is 531 g/mol. The highest BCUT2D eigenvalue weighted by molar-refractivity contribution is 9.10. The number of halogens is 2. The molecule has 10 heteroatoms. The van der Waals surface area contributed by atoms with E-state index < -0.39 is 6.29 Å². The van der Waals surface area contributed by atoms with Crippen LogP contribution in [0.25, 0.3) is 11.2 Å². The molecular formula is C22H17BrClN5O2S. The predicted molar refractivity (Wildman–Crippen MR) is 126 cm³/mol. The van der Waals surface area contributed by atoms with Gasteiger partial charge in [-0.2, -0.15) is 0 Å². The Bertz CT molecular complexity index is 1390. The van der Waals surface area contributed by atoms with E-state index in [0.717, 1.165) is 27.0 Å². The van der Waals surface area contributed by atoms with E-state index in [0.29, 0.717) is 28.0 Å². The SMILES string of the molecule is N=c1ncn(CCc2ccccc2Cl)c2nc(SC3=COC(c4ccccc4Br)O3)[nH]c12. The van der Waals surface area contributed by atoms with Crippen molar-refractivity contribution in [3.63, 3.8) is 0 Å². The van der Waals surface area contributed by atoms with Gasteiger partial charge in [-0.25, -0.2) is 9.97 Å². The number of H-pyrrole nitrogens is 1. The number of rotatable bonds is 6. The van der Waals surface area contributed by atoms with Crippen LogP contribution in [0.15, 0.2) is 75.8 Å². The Labute approximate surface area is 201 Å². The van der Waals surface area contributed by atoms with Crippen LogP contribution >= 0.6 is 39.3 Å². The van der Waals surface area contributed by atoms with E-state index in [4.69, 9.17) is 26.5 Å². The second kappa shape index (κ2) is 9.01. The zero-order valence-electron chi connectivity index (χ0n) is 16.6. The fraction of sp³-hybridized carbons (Fsp3) is 0.136. The fourth-order valence-electron chi connectivity index (χ4n) is 3.34. The number of aryl methyl sites for hydroxylation is 2. The van der Waals surface area contributed by atoms with E-state index in [1.54, 1.807) is 12.6 Å². The molecule has 4 aromatic rings. The lowest BCUT2D eigenvalue weighted by Gasteiger charge is -2.12. The summed E-state index contributed by atoms with van der Waals surface area (Å²) >= 11 is 11.1. The van der Waals surface area contributed by atoms with Gasteiger partial charge in [0.05, 0.1) is 6.33 Å². The van der Waals surface area contributed by atoms with Crippen molar-refractivity contribution >= 4 is 50.5 Å². The largest absolute Gasteiger partial charge is 0.454 e. The molecule has 0 aliphatic carbocycles. The summed E-state index contributed by atoms with van der Waals surface area (Å²) < 4.78 is 14.4. The summed E-state index contributed by atoms with van der Waals surface area (Å²) in [6.45, 7) is 0.634. The van der Waals surface area contributed by atoms with Gasteiger partial charge in [-0.1, -0.05) is 63.9 Å². The molecule has 0 radical (unpaired) electrons. The maximum Gasteiger partial charge on any atom is 0.268 e. The Hall–Kier alpha value is -2.75. The third-order valence-corrected chi connectivity index (χ3v) is 6.82. The highest BCUT2D eigenvalue weighted by atomic mass is 79.9. The summed E-state index contributed by atoms with van der Waals surface area (Å²) in [6.07, 6.45) is 3.41. The molecule has 1 unspecified atom stereocenters. The van der Waals surface area contributed by atoms with Crippen LogP contribution in [-0.4, -0.2) is 19.5 Å². The molecule has 32 heavy (non-hydrogen) atoms. The smallest absolute Gasteiger partial charge is 0.268 e. The number of hydrogen-bond donors (Lipinski definition) is 2. The van der Waals surface area contributed by atoms with Crippen molar-refractivity contribution in [2.24, 2.45) is 0 Å². The molecule has 0 saturated carbocycles. The van der Waals surface area contributed by atoms with E-state index in [9.17, 15) is 0 Å². The number of fused-ring (bicyclic) bond motifs is 1. The summed E-state index contributed by atoms with van der Waals surface area (Å²) in [7, 11) is 0. The first kappa shape index (κ1) is 21.1. The number of aromatic nitrogens is 4. The van der Waals surface area contributed by atoms with Gasteiger partial charge in [0.2, 0.25) is 5.09 Å². The molecule has 2 N–H and O–H groups in total. The van der Waals surface area contributed by atoms with Gasteiger partial charge in [-0.15, -0.1) is 0 Å². The van der Waals surface area contributed by atoms with E-state index in [1.165, 1.54) is 11.8 Å². The highest BCUT2D eigenvalue weighted by Crippen LogP contribution is 2.38. The normalized spacial score (nSPS) is 15.4. The Kier molecular flexibility index (Phi) is 5.95. The Morgan fingerprint density at radius 1 is 1.19 bits per heavy atom. The van der Waals surface area contributed by atoms with Gasteiger partial charge in [-0.05, 0) is 35.9 Å². The highest BCUT2D eigenvalue weighted by Gasteiger charge is 2.25. The minimum absolute atomic E-state index is 0.136. The number of nitrogens with one attached hydrogen (secondary N) is 2. The number of thioether (sulfide) groups is 1. The lowest BCUT2D eigenvalue weighted by atomic mass is 10.1. The molecule has 2 aromatic heterocycles. The maximum atomic E-state index is 8.15. The molecule has 1 aliphatic heterocycles. The molecule has 0 saturated heterocycles. The predicted octanol–water partition coefficient (Wildman–Crippen LogP) is 5.53.